The number of carbonyl (C=O) groups excluding carboxylic acids is 1. The molecule has 4 aliphatic rings. The first-order valence-electron chi connectivity index (χ1n) is 10.7. The molecule has 30 heavy (non-hydrogen) atoms. The van der Waals surface area contributed by atoms with Crippen LogP contribution < -0.4 is 9.47 Å². The monoisotopic (exact) mass is 409 g/mol. The molecule has 1 aromatic carbocycles. The van der Waals surface area contributed by atoms with Crippen LogP contribution in [0.25, 0.3) is 0 Å². The van der Waals surface area contributed by atoms with Gasteiger partial charge in [-0.2, -0.15) is 0 Å². The fourth-order valence-corrected chi connectivity index (χ4v) is 4.82. The van der Waals surface area contributed by atoms with E-state index in [4.69, 9.17) is 9.47 Å². The van der Waals surface area contributed by atoms with Crippen molar-refractivity contribution in [1.82, 2.24) is 14.8 Å². The molecule has 7 nitrogen and oxygen atoms in total. The Kier molecular flexibility index (Phi) is 5.31. The number of pyridine rings is 1. The molecule has 0 saturated carbocycles. The number of ether oxygens (including phenoxy) is 2. The van der Waals surface area contributed by atoms with Crippen LogP contribution in [0.1, 0.15) is 30.1 Å². The highest BCUT2D eigenvalue weighted by molar-refractivity contribution is 5.77. The number of nitrogens with zero attached hydrogens (tertiary/aromatic N) is 3. The summed E-state index contributed by atoms with van der Waals surface area (Å²) in [5.41, 5.74) is 2.33. The molecule has 1 amide bonds. The van der Waals surface area contributed by atoms with Gasteiger partial charge in [-0.05, 0) is 42.0 Å². The number of aliphatic hydroxyl groups excluding tert-OH is 1. The Morgan fingerprint density at radius 3 is 2.83 bits per heavy atom. The number of rotatable bonds is 4. The second-order valence-corrected chi connectivity index (χ2v) is 8.45. The lowest BCUT2D eigenvalue weighted by Crippen LogP contribution is -2.44. The molecule has 2 aromatic rings. The van der Waals surface area contributed by atoms with E-state index in [0.717, 1.165) is 38.0 Å². The van der Waals surface area contributed by atoms with Gasteiger partial charge in [-0.15, -0.1) is 0 Å². The Hall–Kier alpha value is -2.64. The third-order valence-electron chi connectivity index (χ3n) is 6.43. The van der Waals surface area contributed by atoms with Crippen molar-refractivity contribution in [2.75, 3.05) is 32.8 Å². The van der Waals surface area contributed by atoms with Gasteiger partial charge in [-0.1, -0.05) is 24.3 Å². The van der Waals surface area contributed by atoms with Gasteiger partial charge >= 0.3 is 0 Å². The van der Waals surface area contributed by atoms with Gasteiger partial charge < -0.3 is 19.5 Å². The molecule has 5 heterocycles. The minimum absolute atomic E-state index is 0.149. The number of amides is 1. The Bertz CT molecular complexity index is 904. The normalized spacial score (nSPS) is 25.8. The van der Waals surface area contributed by atoms with Crippen LogP contribution in [0.15, 0.2) is 42.6 Å². The summed E-state index contributed by atoms with van der Waals surface area (Å²) < 4.78 is 11.8. The highest BCUT2D eigenvalue weighted by Gasteiger charge is 2.36. The first-order chi connectivity index (χ1) is 14.7. The first kappa shape index (κ1) is 19.3. The van der Waals surface area contributed by atoms with Gasteiger partial charge in [0.1, 0.15) is 13.2 Å². The number of aromatic nitrogens is 1. The maximum absolute atomic E-state index is 12.0. The van der Waals surface area contributed by atoms with Crippen molar-refractivity contribution in [1.29, 1.82) is 0 Å². The number of fused-ring (bicyclic) bond motifs is 5. The molecule has 6 rings (SSSR count). The smallest absolute Gasteiger partial charge is 0.257 e. The molecule has 0 aliphatic carbocycles. The Morgan fingerprint density at radius 1 is 1.13 bits per heavy atom. The molecule has 158 valence electrons. The minimum atomic E-state index is -0.395. The SMILES string of the molecule is O=C(CO)N1C[C@@H]2CC[C@@H](C1)N(Cc1ccc([C@H]3COc4cccnc4O3)cc1)C2. The quantitative estimate of drug-likeness (QED) is 0.833. The molecule has 1 N–H and O–H groups in total. The van der Waals surface area contributed by atoms with Crippen LogP contribution in [0, 0.1) is 5.92 Å². The fraction of sp³-hybridized carbons (Fsp3) is 0.478. The number of carbonyl (C=O) groups is 1. The zero-order valence-corrected chi connectivity index (χ0v) is 16.9. The molecule has 4 aliphatic heterocycles. The van der Waals surface area contributed by atoms with Crippen LogP contribution in [-0.2, 0) is 11.3 Å². The minimum Gasteiger partial charge on any atom is -0.484 e. The average molecular weight is 409 g/mol. The highest BCUT2D eigenvalue weighted by atomic mass is 16.6. The summed E-state index contributed by atoms with van der Waals surface area (Å²) in [6.07, 6.45) is 3.81. The summed E-state index contributed by atoms with van der Waals surface area (Å²) in [6, 6.07) is 12.6. The van der Waals surface area contributed by atoms with E-state index in [-0.39, 0.29) is 12.0 Å². The summed E-state index contributed by atoms with van der Waals surface area (Å²) >= 11 is 0. The molecule has 3 atom stereocenters. The number of aliphatic hydroxyl groups is 1. The number of benzene rings is 1. The van der Waals surface area contributed by atoms with Crippen molar-refractivity contribution >= 4 is 5.91 Å². The molecule has 0 radical (unpaired) electrons. The zero-order chi connectivity index (χ0) is 20.5. The predicted octanol–water partition coefficient (Wildman–Crippen LogP) is 2.01. The van der Waals surface area contributed by atoms with Crippen LogP contribution >= 0.6 is 0 Å². The second-order valence-electron chi connectivity index (χ2n) is 8.45. The van der Waals surface area contributed by atoms with Crippen LogP contribution in [0.3, 0.4) is 0 Å². The van der Waals surface area contributed by atoms with E-state index >= 15 is 0 Å². The summed E-state index contributed by atoms with van der Waals surface area (Å²) in [4.78, 5) is 20.6. The van der Waals surface area contributed by atoms with E-state index in [1.807, 2.05) is 17.0 Å². The molecule has 1 aromatic heterocycles. The average Bonchev–Trinajstić information content (AvgIpc) is 3.11. The van der Waals surface area contributed by atoms with Crippen molar-refractivity contribution in [3.8, 4) is 11.6 Å². The maximum Gasteiger partial charge on any atom is 0.257 e. The lowest BCUT2D eigenvalue weighted by atomic mass is 9.94. The van der Waals surface area contributed by atoms with Gasteiger partial charge in [0.15, 0.2) is 11.9 Å². The third kappa shape index (κ3) is 3.87. The van der Waals surface area contributed by atoms with Crippen molar-refractivity contribution < 1.29 is 19.4 Å². The van der Waals surface area contributed by atoms with Gasteiger partial charge in [0.2, 0.25) is 5.91 Å². The van der Waals surface area contributed by atoms with Crippen LogP contribution in [0.2, 0.25) is 0 Å². The summed E-state index contributed by atoms with van der Waals surface area (Å²) in [7, 11) is 0. The zero-order valence-electron chi connectivity index (χ0n) is 16.9. The summed E-state index contributed by atoms with van der Waals surface area (Å²) in [5.74, 6) is 1.57. The third-order valence-corrected chi connectivity index (χ3v) is 6.43. The molecular formula is C23H27N3O4. The predicted molar refractivity (Wildman–Crippen MR) is 110 cm³/mol. The van der Waals surface area contributed by atoms with E-state index in [0.29, 0.717) is 36.7 Å². The van der Waals surface area contributed by atoms with Gasteiger partial charge in [0.05, 0.1) is 0 Å². The van der Waals surface area contributed by atoms with Crippen molar-refractivity contribution in [2.45, 2.75) is 31.5 Å². The van der Waals surface area contributed by atoms with E-state index in [1.165, 1.54) is 5.56 Å². The largest absolute Gasteiger partial charge is 0.484 e. The first-order valence-corrected chi connectivity index (χ1v) is 10.7. The Morgan fingerprint density at radius 2 is 2.00 bits per heavy atom. The van der Waals surface area contributed by atoms with Gasteiger partial charge in [-0.3, -0.25) is 9.69 Å². The number of piperidine rings is 1. The van der Waals surface area contributed by atoms with Crippen LogP contribution in [0.4, 0.5) is 0 Å². The molecule has 3 fully saturated rings. The molecule has 2 bridgehead atoms. The standard InChI is InChI=1S/C23H27N3O4/c27-14-22(28)26-12-17-5-8-19(13-26)25(11-17)10-16-3-6-18(7-4-16)21-15-29-20-2-1-9-24-23(20)30-21/h1-4,6-7,9,17,19,21,27H,5,8,10-15H2/t17-,19+,21-/m1/s1. The van der Waals surface area contributed by atoms with Crippen LogP contribution in [-0.4, -0.2) is 64.7 Å². The molecule has 0 spiro atoms. The lowest BCUT2D eigenvalue weighted by molar-refractivity contribution is -0.134. The molecular weight excluding hydrogens is 382 g/mol. The number of hydrogen-bond acceptors (Lipinski definition) is 6. The number of hydrogen-bond donors (Lipinski definition) is 1. The summed E-state index contributed by atoms with van der Waals surface area (Å²) in [5, 5.41) is 9.23. The molecule has 3 saturated heterocycles. The van der Waals surface area contributed by atoms with Gasteiger partial charge in [0.25, 0.3) is 5.88 Å². The van der Waals surface area contributed by atoms with Crippen LogP contribution in [0.5, 0.6) is 11.6 Å². The van der Waals surface area contributed by atoms with Crippen molar-refractivity contribution in [3.63, 3.8) is 0 Å². The Labute approximate surface area is 176 Å². The van der Waals surface area contributed by atoms with E-state index in [9.17, 15) is 9.90 Å². The van der Waals surface area contributed by atoms with E-state index in [2.05, 4.69) is 34.1 Å². The van der Waals surface area contributed by atoms with Gasteiger partial charge in [0, 0.05) is 38.4 Å². The van der Waals surface area contributed by atoms with E-state index in [1.54, 1.807) is 6.20 Å². The maximum atomic E-state index is 12.0. The fourth-order valence-electron chi connectivity index (χ4n) is 4.82. The summed E-state index contributed by atoms with van der Waals surface area (Å²) in [6.45, 7) is 3.43. The Balaban J connectivity index is 1.24. The molecule has 0 unspecified atom stereocenters. The highest BCUT2D eigenvalue weighted by Crippen LogP contribution is 2.34. The van der Waals surface area contributed by atoms with Gasteiger partial charge in [-0.25, -0.2) is 4.98 Å². The van der Waals surface area contributed by atoms with Crippen molar-refractivity contribution in [3.05, 3.63) is 53.7 Å². The topological polar surface area (TPSA) is 75.1 Å². The lowest BCUT2D eigenvalue weighted by Gasteiger charge is -2.36. The van der Waals surface area contributed by atoms with E-state index < -0.39 is 6.61 Å². The second kappa shape index (κ2) is 8.24. The molecule has 7 heteroatoms. The van der Waals surface area contributed by atoms with Crippen molar-refractivity contribution in [2.24, 2.45) is 5.92 Å².